The molecule has 2 rings (SSSR count). The molecule has 0 radical (unpaired) electrons. The lowest BCUT2D eigenvalue weighted by molar-refractivity contribution is -0.193. The van der Waals surface area contributed by atoms with Crippen molar-refractivity contribution < 1.29 is 40.2 Å². The first-order valence-corrected chi connectivity index (χ1v) is 16.8. The minimum atomic E-state index is -4.27. The van der Waals surface area contributed by atoms with Gasteiger partial charge >= 0.3 is 0 Å². The predicted molar refractivity (Wildman–Crippen MR) is 157 cm³/mol. The number of sulfone groups is 1. The van der Waals surface area contributed by atoms with Crippen molar-refractivity contribution in [1.82, 2.24) is 15.5 Å². The van der Waals surface area contributed by atoms with Gasteiger partial charge in [-0.3, -0.25) is 19.0 Å². The molecule has 7 N–H and O–H groups in total. The average molecular weight is 634 g/mol. The Bertz CT molecular complexity index is 1360. The summed E-state index contributed by atoms with van der Waals surface area (Å²) in [5.74, 6) is -1.60. The molecule has 17 heteroatoms. The zero-order valence-corrected chi connectivity index (χ0v) is 24.7. The molecule has 0 unspecified atom stereocenters. The number of anilines is 2. The summed E-state index contributed by atoms with van der Waals surface area (Å²) in [6.07, 6.45) is 0. The van der Waals surface area contributed by atoms with Crippen LogP contribution in [-0.2, 0) is 29.2 Å². The Morgan fingerprint density at radius 3 is 1.95 bits per heavy atom. The second kappa shape index (κ2) is 17.1. The Morgan fingerprint density at radius 1 is 0.829 bits per heavy atom. The largest absolute Gasteiger partial charge is 0.399 e. The van der Waals surface area contributed by atoms with Gasteiger partial charge in [-0.25, -0.2) is 13.3 Å². The van der Waals surface area contributed by atoms with E-state index in [4.69, 9.17) is 25.2 Å². The van der Waals surface area contributed by atoms with E-state index in [0.717, 1.165) is 12.0 Å². The van der Waals surface area contributed by atoms with E-state index in [1.807, 2.05) is 0 Å². The first kappa shape index (κ1) is 34.3. The third-order valence-electron chi connectivity index (χ3n) is 5.44. The van der Waals surface area contributed by atoms with Crippen molar-refractivity contribution in [1.29, 1.82) is 0 Å². The van der Waals surface area contributed by atoms with Crippen LogP contribution in [0, 0.1) is 0 Å². The van der Waals surface area contributed by atoms with Gasteiger partial charge in [0.2, 0.25) is 0 Å². The molecule has 0 aliphatic rings. The van der Waals surface area contributed by atoms with E-state index in [2.05, 4.69) is 10.6 Å². The number of rotatable bonds is 19. The van der Waals surface area contributed by atoms with Crippen LogP contribution >= 0.6 is 12.0 Å². The van der Waals surface area contributed by atoms with Crippen molar-refractivity contribution in [3.63, 3.8) is 0 Å². The number of hydrogen-bond donors (Lipinski definition) is 5. The van der Waals surface area contributed by atoms with Crippen LogP contribution in [0.15, 0.2) is 48.5 Å². The predicted octanol–water partition coefficient (Wildman–Crippen LogP) is 0.212. The third kappa shape index (κ3) is 15.0. The Morgan fingerprint density at radius 2 is 1.39 bits per heavy atom. The molecule has 0 aliphatic heterocycles. The van der Waals surface area contributed by atoms with Crippen molar-refractivity contribution >= 4 is 55.2 Å². The van der Waals surface area contributed by atoms with Gasteiger partial charge in [0, 0.05) is 73.0 Å². The molecule has 41 heavy (non-hydrogen) atoms. The molecule has 14 nitrogen and oxygen atoms in total. The average Bonchev–Trinajstić information content (AvgIpc) is 2.90. The van der Waals surface area contributed by atoms with Gasteiger partial charge in [-0.05, 0) is 36.4 Å². The number of nitrogens with two attached hydrogens (primary N) is 2. The van der Waals surface area contributed by atoms with E-state index in [9.17, 15) is 26.4 Å². The highest BCUT2D eigenvalue weighted by atomic mass is 32.2. The lowest BCUT2D eigenvalue weighted by Gasteiger charge is -2.21. The monoisotopic (exact) mass is 633 g/mol. The maximum Gasteiger partial charge on any atom is 0.266 e. The minimum Gasteiger partial charge on any atom is -0.399 e. The molecule has 2 aromatic rings. The molecule has 0 saturated carbocycles. The Labute approximate surface area is 243 Å². The summed E-state index contributed by atoms with van der Waals surface area (Å²) in [5.41, 5.74) is 12.9. The van der Waals surface area contributed by atoms with Crippen molar-refractivity contribution in [2.24, 2.45) is 0 Å². The van der Waals surface area contributed by atoms with E-state index in [-0.39, 0.29) is 50.2 Å². The molecule has 0 atom stereocenters. The molecule has 0 spiro atoms. The third-order valence-corrected chi connectivity index (χ3v) is 8.33. The number of amides is 2. The van der Waals surface area contributed by atoms with E-state index < -0.39 is 31.6 Å². The quantitative estimate of drug-likeness (QED) is 0.0349. The van der Waals surface area contributed by atoms with Crippen LogP contribution in [0.4, 0.5) is 11.4 Å². The van der Waals surface area contributed by atoms with E-state index in [0.29, 0.717) is 34.8 Å². The number of nitrogens with one attached hydrogen (secondary N) is 2. The molecular weight excluding hydrogens is 598 g/mol. The van der Waals surface area contributed by atoms with E-state index >= 15 is 0 Å². The van der Waals surface area contributed by atoms with Crippen molar-refractivity contribution in [2.75, 3.05) is 73.8 Å². The Kier molecular flexibility index (Phi) is 14.3. The molecule has 0 aromatic heterocycles. The lowest BCUT2D eigenvalue weighted by atomic mass is 10.2. The molecule has 2 aromatic carbocycles. The fourth-order valence-electron chi connectivity index (χ4n) is 3.31. The smallest absolute Gasteiger partial charge is 0.266 e. The second-order valence-corrected chi connectivity index (χ2v) is 13.4. The molecule has 0 heterocycles. The summed E-state index contributed by atoms with van der Waals surface area (Å²) in [4.78, 5) is 30.8. The number of benzene rings is 2. The minimum absolute atomic E-state index is 0.0234. The maximum absolute atomic E-state index is 12.5. The van der Waals surface area contributed by atoms with Gasteiger partial charge in [-0.2, -0.15) is 12.8 Å². The molecule has 0 bridgehead atoms. The summed E-state index contributed by atoms with van der Waals surface area (Å²) >= 11 is 0.938. The summed E-state index contributed by atoms with van der Waals surface area (Å²) in [5, 5.41) is 5.23. The van der Waals surface area contributed by atoms with Crippen LogP contribution < -0.4 is 22.1 Å². The highest BCUT2D eigenvalue weighted by Gasteiger charge is 2.17. The summed E-state index contributed by atoms with van der Waals surface area (Å²) in [6.45, 7) is 0.101. The summed E-state index contributed by atoms with van der Waals surface area (Å²) < 4.78 is 61.4. The molecule has 0 aliphatic carbocycles. The van der Waals surface area contributed by atoms with Gasteiger partial charge in [0.05, 0.1) is 23.9 Å². The highest BCUT2D eigenvalue weighted by molar-refractivity contribution is 7.94. The summed E-state index contributed by atoms with van der Waals surface area (Å²) in [6, 6.07) is 12.8. The lowest BCUT2D eigenvalue weighted by Crippen LogP contribution is -2.37. The zero-order chi connectivity index (χ0) is 30.3. The van der Waals surface area contributed by atoms with Crippen molar-refractivity contribution in [2.45, 2.75) is 0 Å². The van der Waals surface area contributed by atoms with Gasteiger partial charge in [0.15, 0.2) is 9.84 Å². The fourth-order valence-corrected chi connectivity index (χ4v) is 5.34. The Balaban J connectivity index is 1.68. The van der Waals surface area contributed by atoms with Gasteiger partial charge in [-0.1, -0.05) is 12.1 Å². The molecule has 0 saturated heterocycles. The topological polar surface area (TPSA) is 220 Å². The van der Waals surface area contributed by atoms with E-state index in [1.54, 1.807) is 42.5 Å². The SMILES string of the molecule is Nc1cccc(C(=O)NCCSOOCCN(CCS(=O)(=O)O)CCS(=O)(=O)CCNC(=O)c2cccc(N)c2)c1. The Hall–Kier alpha value is -2.93. The van der Waals surface area contributed by atoms with Crippen molar-refractivity contribution in [3.8, 4) is 0 Å². The second-order valence-electron chi connectivity index (χ2n) is 8.75. The van der Waals surface area contributed by atoms with Gasteiger partial charge in [0.1, 0.15) is 0 Å². The first-order valence-electron chi connectivity index (χ1n) is 12.4. The number of nitrogens with zero attached hydrogens (tertiary/aromatic N) is 1. The molecular formula is C24H35N5O9S3. The number of carbonyl (C=O) groups is 2. The number of carbonyl (C=O) groups excluding carboxylic acids is 2. The van der Waals surface area contributed by atoms with E-state index in [1.165, 1.54) is 11.0 Å². The molecule has 228 valence electrons. The van der Waals surface area contributed by atoms with Crippen LogP contribution in [0.2, 0.25) is 0 Å². The molecule has 2 amide bonds. The van der Waals surface area contributed by atoms with Crippen LogP contribution in [0.1, 0.15) is 20.7 Å². The highest BCUT2D eigenvalue weighted by Crippen LogP contribution is 2.08. The van der Waals surface area contributed by atoms with Gasteiger partial charge in [0.25, 0.3) is 21.9 Å². The normalized spacial score (nSPS) is 11.9. The maximum atomic E-state index is 12.5. The standard InChI is InChI=1S/C24H35N5O9S3/c25-21-5-1-3-19(17-21)23(30)27-7-13-39-38-37-12-9-29(11-16-41(34,35)36)10-15-40(32,33)14-8-28-24(31)20-4-2-6-22(26)18-20/h1-6,17-18H,7-16,25-26H2,(H,27,30)(H,28,31)(H,34,35,36). The first-order chi connectivity index (χ1) is 19.3. The zero-order valence-electron chi connectivity index (χ0n) is 22.2. The van der Waals surface area contributed by atoms with Crippen LogP contribution in [0.3, 0.4) is 0 Å². The molecule has 0 fully saturated rings. The summed E-state index contributed by atoms with van der Waals surface area (Å²) in [7, 11) is -7.87. The van der Waals surface area contributed by atoms with Crippen LogP contribution in [0.5, 0.6) is 0 Å². The van der Waals surface area contributed by atoms with Crippen LogP contribution in [0.25, 0.3) is 0 Å². The van der Waals surface area contributed by atoms with Crippen LogP contribution in [-0.4, -0.2) is 100 Å². The fraction of sp³-hybridized carbons (Fsp3) is 0.417. The number of hydrogen-bond acceptors (Lipinski definition) is 12. The number of nitrogen functional groups attached to an aromatic ring is 2. The van der Waals surface area contributed by atoms with Crippen molar-refractivity contribution in [3.05, 3.63) is 59.7 Å². The van der Waals surface area contributed by atoms with Gasteiger partial charge < -0.3 is 22.1 Å². The van der Waals surface area contributed by atoms with Gasteiger partial charge in [-0.15, -0.1) is 0 Å².